The molecule has 0 aliphatic heterocycles. The predicted octanol–water partition coefficient (Wildman–Crippen LogP) is 2.66. The van der Waals surface area contributed by atoms with Crippen LogP contribution in [0.5, 0.6) is 0 Å². The number of nitrogens with zero attached hydrogens (tertiary/aromatic N) is 1. The fraction of sp³-hybridized carbons (Fsp3) is 0.714. The highest BCUT2D eigenvalue weighted by Crippen LogP contribution is 2.22. The highest BCUT2D eigenvalue weighted by atomic mass is 32.2. The van der Waals surface area contributed by atoms with Crippen molar-refractivity contribution in [2.75, 3.05) is 6.26 Å². The highest BCUT2D eigenvalue weighted by Gasteiger charge is 2.13. The average Bonchev–Trinajstić information content (AvgIpc) is 1.99. The lowest BCUT2D eigenvalue weighted by Gasteiger charge is -2.00. The van der Waals surface area contributed by atoms with Crippen LogP contribution < -0.4 is 0 Å². The van der Waals surface area contributed by atoms with Crippen molar-refractivity contribution in [3.8, 4) is 0 Å². The number of rotatable bonds is 4. The lowest BCUT2D eigenvalue weighted by Crippen LogP contribution is -2.00. The molecule has 0 fully saturated rings. The maximum atomic E-state index is 10.4. The molecule has 0 rings (SSSR count). The zero-order chi connectivity index (χ0) is 8.85. The zero-order valence-electron chi connectivity index (χ0n) is 7.09. The summed E-state index contributed by atoms with van der Waals surface area (Å²) in [4.78, 5) is 11.0. The number of hydrogen-bond acceptors (Lipinski definition) is 3. The second-order valence-electron chi connectivity index (χ2n) is 2.04. The topological polar surface area (TPSA) is 43.1 Å². The fourth-order valence-electron chi connectivity index (χ4n) is 0.894. The van der Waals surface area contributed by atoms with Crippen LogP contribution in [-0.4, -0.2) is 11.2 Å². The first-order chi connectivity index (χ1) is 5.17. The van der Waals surface area contributed by atoms with Crippen LogP contribution in [-0.2, 0) is 0 Å². The van der Waals surface area contributed by atoms with Crippen molar-refractivity contribution in [1.82, 2.24) is 0 Å². The van der Waals surface area contributed by atoms with Gasteiger partial charge in [-0.15, -0.1) is 11.8 Å². The summed E-state index contributed by atoms with van der Waals surface area (Å²) in [5.41, 5.74) is 0.361. The molecule has 0 saturated carbocycles. The van der Waals surface area contributed by atoms with Crippen LogP contribution in [0, 0.1) is 10.1 Å². The smallest absolute Gasteiger partial charge is 0.255 e. The van der Waals surface area contributed by atoms with Gasteiger partial charge in [-0.2, -0.15) is 0 Å². The summed E-state index contributed by atoms with van der Waals surface area (Å²) in [6.45, 7) is 3.75. The third kappa shape index (κ3) is 2.93. The summed E-state index contributed by atoms with van der Waals surface area (Å²) in [5.74, 6) is 0. The molecule has 0 aliphatic rings. The van der Waals surface area contributed by atoms with Crippen molar-refractivity contribution >= 4 is 11.8 Å². The zero-order valence-corrected chi connectivity index (χ0v) is 7.90. The van der Waals surface area contributed by atoms with Crippen molar-refractivity contribution in [2.24, 2.45) is 0 Å². The Labute approximate surface area is 71.0 Å². The number of thioether (sulfide) groups is 1. The molecule has 0 spiro atoms. The first-order valence-corrected chi connectivity index (χ1v) is 4.80. The average molecular weight is 175 g/mol. The molecule has 0 saturated heterocycles. The van der Waals surface area contributed by atoms with Crippen LogP contribution in [0.4, 0.5) is 0 Å². The minimum Gasteiger partial charge on any atom is -0.259 e. The van der Waals surface area contributed by atoms with Crippen molar-refractivity contribution in [3.05, 3.63) is 20.7 Å². The first-order valence-electron chi connectivity index (χ1n) is 3.57. The highest BCUT2D eigenvalue weighted by molar-refractivity contribution is 8.02. The molecule has 64 valence electrons. The van der Waals surface area contributed by atoms with Crippen LogP contribution in [0.25, 0.3) is 0 Å². The largest absolute Gasteiger partial charge is 0.259 e. The van der Waals surface area contributed by atoms with Crippen LogP contribution in [0.3, 0.4) is 0 Å². The predicted molar refractivity (Wildman–Crippen MR) is 48.1 cm³/mol. The van der Waals surface area contributed by atoms with Crippen LogP contribution in [0.1, 0.15) is 26.7 Å². The van der Waals surface area contributed by atoms with Gasteiger partial charge >= 0.3 is 0 Å². The molecule has 0 aromatic rings. The molecule has 0 aromatic carbocycles. The third-order valence-corrected chi connectivity index (χ3v) is 2.46. The van der Waals surface area contributed by atoms with Gasteiger partial charge in [-0.05, 0) is 12.7 Å². The van der Waals surface area contributed by atoms with Crippen LogP contribution >= 0.6 is 11.8 Å². The normalized spacial score (nSPS) is 12.6. The van der Waals surface area contributed by atoms with Crippen LogP contribution in [0.2, 0.25) is 0 Å². The minimum absolute atomic E-state index is 0.282. The fourth-order valence-corrected chi connectivity index (χ4v) is 1.64. The van der Waals surface area contributed by atoms with E-state index >= 15 is 0 Å². The van der Waals surface area contributed by atoms with E-state index in [9.17, 15) is 10.1 Å². The van der Waals surface area contributed by atoms with Gasteiger partial charge in [0.25, 0.3) is 5.70 Å². The van der Waals surface area contributed by atoms with Gasteiger partial charge in [0.1, 0.15) is 0 Å². The Balaban J connectivity index is 4.62. The summed E-state index contributed by atoms with van der Waals surface area (Å²) in [5, 5.41) is 10.4. The monoisotopic (exact) mass is 175 g/mol. The molecule has 3 nitrogen and oxygen atoms in total. The number of nitro groups is 1. The molecule has 0 atom stereocenters. The van der Waals surface area contributed by atoms with E-state index in [4.69, 9.17) is 0 Å². The molecule has 0 heterocycles. The Kier molecular flexibility index (Phi) is 4.94. The molecule has 0 bridgehead atoms. The number of allylic oxidation sites excluding steroid dienone is 2. The van der Waals surface area contributed by atoms with E-state index in [0.29, 0.717) is 12.1 Å². The molecule has 0 unspecified atom stereocenters. The molecule has 0 amide bonds. The molecule has 0 N–H and O–H groups in total. The summed E-state index contributed by atoms with van der Waals surface area (Å²) in [6, 6.07) is 0. The molecule has 11 heavy (non-hydrogen) atoms. The van der Waals surface area contributed by atoms with Gasteiger partial charge in [-0.1, -0.05) is 13.8 Å². The Bertz CT molecular complexity index is 171. The molecule has 0 aliphatic carbocycles. The molecular weight excluding hydrogens is 162 g/mol. The van der Waals surface area contributed by atoms with Crippen molar-refractivity contribution in [2.45, 2.75) is 26.7 Å². The Morgan fingerprint density at radius 1 is 1.45 bits per heavy atom. The summed E-state index contributed by atoms with van der Waals surface area (Å²) >= 11 is 1.47. The Morgan fingerprint density at radius 2 is 2.00 bits per heavy atom. The van der Waals surface area contributed by atoms with Gasteiger partial charge in [0, 0.05) is 6.42 Å². The van der Waals surface area contributed by atoms with Gasteiger partial charge < -0.3 is 0 Å². The summed E-state index contributed by atoms with van der Waals surface area (Å²) in [7, 11) is 0. The first kappa shape index (κ1) is 10.5. The van der Waals surface area contributed by atoms with Crippen LogP contribution in [0.15, 0.2) is 10.6 Å². The number of hydrogen-bond donors (Lipinski definition) is 0. The second kappa shape index (κ2) is 5.18. The van der Waals surface area contributed by atoms with Gasteiger partial charge in [0.2, 0.25) is 0 Å². The maximum Gasteiger partial charge on any atom is 0.255 e. The van der Waals surface area contributed by atoms with Crippen molar-refractivity contribution in [3.63, 3.8) is 0 Å². The quantitative estimate of drug-likeness (QED) is 0.487. The van der Waals surface area contributed by atoms with E-state index in [-0.39, 0.29) is 4.92 Å². The third-order valence-electron chi connectivity index (χ3n) is 1.44. The van der Waals surface area contributed by atoms with E-state index in [1.165, 1.54) is 11.8 Å². The SMILES string of the molecule is CC/C(SC)=C(/CC)[N+](=O)[O-]. The van der Waals surface area contributed by atoms with E-state index in [2.05, 4.69) is 0 Å². The summed E-state index contributed by atoms with van der Waals surface area (Å²) in [6.07, 6.45) is 3.14. The molecule has 0 aromatic heterocycles. The minimum atomic E-state index is -0.282. The van der Waals surface area contributed by atoms with E-state index in [0.717, 1.165) is 11.3 Å². The molecule has 4 heteroatoms. The second-order valence-corrected chi connectivity index (χ2v) is 2.94. The lowest BCUT2D eigenvalue weighted by atomic mass is 10.3. The van der Waals surface area contributed by atoms with E-state index in [1.807, 2.05) is 20.1 Å². The van der Waals surface area contributed by atoms with Gasteiger partial charge in [0.05, 0.1) is 9.83 Å². The van der Waals surface area contributed by atoms with Crippen molar-refractivity contribution in [1.29, 1.82) is 0 Å². The standard InChI is InChI=1S/C7H13NO2S/c1-4-6(8(9)10)7(5-2)11-3/h4-5H2,1-3H3/b7-6+. The van der Waals surface area contributed by atoms with E-state index < -0.39 is 0 Å². The maximum absolute atomic E-state index is 10.4. The molecular formula is C7H13NO2S. The van der Waals surface area contributed by atoms with Gasteiger partial charge in [0.15, 0.2) is 0 Å². The van der Waals surface area contributed by atoms with E-state index in [1.54, 1.807) is 0 Å². The lowest BCUT2D eigenvalue weighted by molar-refractivity contribution is -0.428. The van der Waals surface area contributed by atoms with Gasteiger partial charge in [-0.3, -0.25) is 10.1 Å². The Morgan fingerprint density at radius 3 is 2.09 bits per heavy atom. The summed E-state index contributed by atoms with van der Waals surface area (Å²) < 4.78 is 0. The Hall–Kier alpha value is -0.510. The van der Waals surface area contributed by atoms with Crippen molar-refractivity contribution < 1.29 is 4.92 Å². The van der Waals surface area contributed by atoms with Gasteiger partial charge in [-0.25, -0.2) is 0 Å². The molecule has 0 radical (unpaired) electrons.